The molecule has 3 heteroatoms. The van der Waals surface area contributed by atoms with E-state index in [0.29, 0.717) is 6.04 Å². The van der Waals surface area contributed by atoms with Gasteiger partial charge in [0.15, 0.2) is 0 Å². The highest BCUT2D eigenvalue weighted by Gasteiger charge is 2.18. The predicted molar refractivity (Wildman–Crippen MR) is 59.7 cm³/mol. The van der Waals surface area contributed by atoms with Crippen LogP contribution < -0.4 is 0 Å². The maximum Gasteiger partial charge on any atom is 0.0619 e. The van der Waals surface area contributed by atoms with Gasteiger partial charge in [0.05, 0.1) is 18.9 Å². The zero-order chi connectivity index (χ0) is 10.7. The summed E-state index contributed by atoms with van der Waals surface area (Å²) >= 11 is 0. The summed E-state index contributed by atoms with van der Waals surface area (Å²) in [5.74, 6) is 0. The van der Waals surface area contributed by atoms with Gasteiger partial charge in [-0.05, 0) is 31.5 Å². The molecule has 0 amide bonds. The molecule has 1 aliphatic heterocycles. The lowest BCUT2D eigenvalue weighted by Gasteiger charge is -2.32. The van der Waals surface area contributed by atoms with Gasteiger partial charge in [-0.15, -0.1) is 0 Å². The minimum absolute atomic E-state index is 0.501. The molecule has 0 radical (unpaired) electrons. The number of ether oxygens (including phenoxy) is 1. The molecule has 0 unspecified atom stereocenters. The Kier molecular flexibility index (Phi) is 3.34. The molecule has 2 rings (SSSR count). The fourth-order valence-corrected chi connectivity index (χ4v) is 1.89. The summed E-state index contributed by atoms with van der Waals surface area (Å²) in [6.45, 7) is 7.94. The molecule has 1 aromatic heterocycles. The van der Waals surface area contributed by atoms with E-state index in [-0.39, 0.29) is 0 Å². The third-order valence-corrected chi connectivity index (χ3v) is 2.84. The Balaban J connectivity index is 2.01. The van der Waals surface area contributed by atoms with Gasteiger partial charge in [-0.3, -0.25) is 9.88 Å². The lowest BCUT2D eigenvalue weighted by atomic mass is 10.2. The molecule has 0 saturated carbocycles. The van der Waals surface area contributed by atoms with Crippen molar-refractivity contribution in [2.24, 2.45) is 0 Å². The van der Waals surface area contributed by atoms with Gasteiger partial charge in [0.1, 0.15) is 0 Å². The molecular weight excluding hydrogens is 188 g/mol. The highest BCUT2D eigenvalue weighted by Crippen LogP contribution is 2.11. The zero-order valence-corrected chi connectivity index (χ0v) is 9.44. The number of rotatable bonds is 2. The molecule has 1 aliphatic rings. The summed E-state index contributed by atoms with van der Waals surface area (Å²) in [7, 11) is 0. The van der Waals surface area contributed by atoms with Crippen LogP contribution in [0.1, 0.15) is 18.2 Å². The third-order valence-electron chi connectivity index (χ3n) is 2.84. The molecule has 82 valence electrons. The van der Waals surface area contributed by atoms with Crippen LogP contribution in [-0.4, -0.2) is 35.7 Å². The van der Waals surface area contributed by atoms with Crippen molar-refractivity contribution in [3.8, 4) is 0 Å². The molecular formula is C12H18N2O. The predicted octanol–water partition coefficient (Wildman–Crippen LogP) is 1.61. The Bertz CT molecular complexity index is 327. The minimum atomic E-state index is 0.501. The van der Waals surface area contributed by atoms with E-state index in [4.69, 9.17) is 4.74 Å². The van der Waals surface area contributed by atoms with Crippen LogP contribution in [0, 0.1) is 6.92 Å². The van der Waals surface area contributed by atoms with Gasteiger partial charge in [0.25, 0.3) is 0 Å². The van der Waals surface area contributed by atoms with Crippen LogP contribution in [0.5, 0.6) is 0 Å². The zero-order valence-electron chi connectivity index (χ0n) is 9.44. The number of hydrogen-bond acceptors (Lipinski definition) is 3. The quantitative estimate of drug-likeness (QED) is 0.735. The maximum atomic E-state index is 5.41. The summed E-state index contributed by atoms with van der Waals surface area (Å²) in [5, 5.41) is 0. The summed E-state index contributed by atoms with van der Waals surface area (Å²) < 4.78 is 5.41. The molecule has 0 aromatic carbocycles. The van der Waals surface area contributed by atoms with Gasteiger partial charge in [0.2, 0.25) is 0 Å². The first kappa shape index (κ1) is 10.6. The van der Waals surface area contributed by atoms with Gasteiger partial charge in [0, 0.05) is 25.3 Å². The second-order valence-electron chi connectivity index (χ2n) is 4.22. The number of aromatic nitrogens is 1. The van der Waals surface area contributed by atoms with Gasteiger partial charge in [-0.25, -0.2) is 0 Å². The summed E-state index contributed by atoms with van der Waals surface area (Å²) in [6, 6.07) is 4.69. The van der Waals surface area contributed by atoms with Crippen molar-refractivity contribution in [2.75, 3.05) is 19.8 Å². The van der Waals surface area contributed by atoms with Crippen molar-refractivity contribution in [1.82, 2.24) is 9.88 Å². The summed E-state index contributed by atoms with van der Waals surface area (Å²) in [5.41, 5.74) is 2.43. The molecule has 1 fully saturated rings. The topological polar surface area (TPSA) is 25.4 Å². The number of morpholine rings is 1. The largest absolute Gasteiger partial charge is 0.379 e. The summed E-state index contributed by atoms with van der Waals surface area (Å²) in [4.78, 5) is 6.81. The molecule has 15 heavy (non-hydrogen) atoms. The van der Waals surface area contributed by atoms with Crippen LogP contribution in [0.15, 0.2) is 18.3 Å². The fourth-order valence-electron chi connectivity index (χ4n) is 1.89. The molecule has 0 spiro atoms. The highest BCUT2D eigenvalue weighted by atomic mass is 16.5. The Hall–Kier alpha value is -0.930. The van der Waals surface area contributed by atoms with Crippen LogP contribution in [-0.2, 0) is 11.3 Å². The lowest BCUT2D eigenvalue weighted by Crippen LogP contribution is -2.43. The third kappa shape index (κ3) is 2.76. The summed E-state index contributed by atoms with van der Waals surface area (Å²) in [6.07, 6.45) is 1.88. The highest BCUT2D eigenvalue weighted by molar-refractivity contribution is 5.14. The van der Waals surface area contributed by atoms with Crippen molar-refractivity contribution in [2.45, 2.75) is 26.4 Å². The Morgan fingerprint density at radius 3 is 3.20 bits per heavy atom. The van der Waals surface area contributed by atoms with Crippen LogP contribution >= 0.6 is 0 Å². The van der Waals surface area contributed by atoms with Gasteiger partial charge in [-0.1, -0.05) is 0 Å². The molecule has 2 heterocycles. The molecule has 1 atom stereocenters. The number of nitrogens with zero attached hydrogens (tertiary/aromatic N) is 2. The van der Waals surface area contributed by atoms with Crippen molar-refractivity contribution in [3.63, 3.8) is 0 Å². The smallest absolute Gasteiger partial charge is 0.0619 e. The van der Waals surface area contributed by atoms with E-state index >= 15 is 0 Å². The Morgan fingerprint density at radius 2 is 2.47 bits per heavy atom. The average molecular weight is 206 g/mol. The lowest BCUT2D eigenvalue weighted by molar-refractivity contribution is -0.00491. The average Bonchev–Trinajstić information content (AvgIpc) is 2.22. The first-order valence-electron chi connectivity index (χ1n) is 5.49. The van der Waals surface area contributed by atoms with Crippen LogP contribution in [0.2, 0.25) is 0 Å². The van der Waals surface area contributed by atoms with Crippen LogP contribution in [0.4, 0.5) is 0 Å². The SMILES string of the molecule is Cc1ccnc(CN2CCOC[C@@H]2C)c1. The molecule has 3 nitrogen and oxygen atoms in total. The molecule has 1 aromatic rings. The normalized spacial score (nSPS) is 22.9. The van der Waals surface area contributed by atoms with Gasteiger partial charge >= 0.3 is 0 Å². The van der Waals surface area contributed by atoms with Crippen molar-refractivity contribution in [3.05, 3.63) is 29.6 Å². The van der Waals surface area contributed by atoms with E-state index in [2.05, 4.69) is 29.8 Å². The molecule has 0 N–H and O–H groups in total. The fraction of sp³-hybridized carbons (Fsp3) is 0.583. The van der Waals surface area contributed by atoms with E-state index in [9.17, 15) is 0 Å². The first-order valence-corrected chi connectivity index (χ1v) is 5.49. The van der Waals surface area contributed by atoms with Gasteiger partial charge < -0.3 is 4.74 Å². The Labute approximate surface area is 91.1 Å². The Morgan fingerprint density at radius 1 is 1.60 bits per heavy atom. The van der Waals surface area contributed by atoms with E-state index < -0.39 is 0 Å². The number of aryl methyl sites for hydroxylation is 1. The standard InChI is InChI=1S/C12H18N2O/c1-10-3-4-13-12(7-10)8-14-5-6-15-9-11(14)2/h3-4,7,11H,5-6,8-9H2,1-2H3/t11-/m0/s1. The number of pyridine rings is 1. The second-order valence-corrected chi connectivity index (χ2v) is 4.22. The number of hydrogen-bond donors (Lipinski definition) is 0. The maximum absolute atomic E-state index is 5.41. The monoisotopic (exact) mass is 206 g/mol. The van der Waals surface area contributed by atoms with E-state index in [1.54, 1.807) is 0 Å². The molecule has 0 aliphatic carbocycles. The second kappa shape index (κ2) is 4.73. The van der Waals surface area contributed by atoms with Crippen LogP contribution in [0.25, 0.3) is 0 Å². The minimum Gasteiger partial charge on any atom is -0.379 e. The van der Waals surface area contributed by atoms with E-state index in [1.165, 1.54) is 5.56 Å². The van der Waals surface area contributed by atoms with E-state index in [1.807, 2.05) is 12.3 Å². The van der Waals surface area contributed by atoms with Crippen molar-refractivity contribution < 1.29 is 4.74 Å². The first-order chi connectivity index (χ1) is 7.25. The van der Waals surface area contributed by atoms with Crippen LogP contribution in [0.3, 0.4) is 0 Å². The van der Waals surface area contributed by atoms with Crippen molar-refractivity contribution in [1.29, 1.82) is 0 Å². The molecule has 1 saturated heterocycles. The molecule has 0 bridgehead atoms. The van der Waals surface area contributed by atoms with Gasteiger partial charge in [-0.2, -0.15) is 0 Å². The van der Waals surface area contributed by atoms with E-state index in [0.717, 1.165) is 32.0 Å². The van der Waals surface area contributed by atoms with Crippen molar-refractivity contribution >= 4 is 0 Å².